The van der Waals surface area contributed by atoms with Crippen LogP contribution in [-0.4, -0.2) is 6.04 Å². The zero-order valence-electron chi connectivity index (χ0n) is 15.4. The van der Waals surface area contributed by atoms with E-state index in [9.17, 15) is 0 Å². The van der Waals surface area contributed by atoms with Gasteiger partial charge >= 0.3 is 0 Å². The molecule has 2 heteroatoms. The summed E-state index contributed by atoms with van der Waals surface area (Å²) < 4.78 is 0. The normalized spacial score (nSPS) is 29.8. The molecule has 3 N–H and O–H groups in total. The molecule has 0 aromatic heterocycles. The maximum absolute atomic E-state index is 6.32. The van der Waals surface area contributed by atoms with Crippen molar-refractivity contribution in [3.05, 3.63) is 65.4 Å². The summed E-state index contributed by atoms with van der Waals surface area (Å²) in [5, 5.41) is 3.82. The van der Waals surface area contributed by atoms with Crippen molar-refractivity contribution < 1.29 is 0 Å². The van der Waals surface area contributed by atoms with Crippen molar-refractivity contribution in [2.45, 2.75) is 51.0 Å². The Morgan fingerprint density at radius 3 is 2.81 bits per heavy atom. The van der Waals surface area contributed by atoms with Gasteiger partial charge in [0.15, 0.2) is 0 Å². The Morgan fingerprint density at radius 1 is 1.00 bits per heavy atom. The van der Waals surface area contributed by atoms with E-state index in [1.807, 2.05) is 0 Å². The van der Waals surface area contributed by atoms with Crippen LogP contribution in [-0.2, 0) is 0 Å². The number of rotatable bonds is 2. The highest BCUT2D eigenvalue weighted by Gasteiger charge is 2.41. The lowest BCUT2D eigenvalue weighted by atomic mass is 9.75. The number of hydrogen-bond acceptors (Lipinski definition) is 2. The first-order valence-corrected chi connectivity index (χ1v) is 10.2. The highest BCUT2D eigenvalue weighted by molar-refractivity contribution is 5.81. The number of allylic oxidation sites excluding steroid dienone is 8. The average Bonchev–Trinajstić information content (AvgIpc) is 3.07. The van der Waals surface area contributed by atoms with E-state index in [-0.39, 0.29) is 0 Å². The minimum Gasteiger partial charge on any atom is -0.398 e. The topological polar surface area (TPSA) is 38.0 Å². The van der Waals surface area contributed by atoms with Gasteiger partial charge in [-0.2, -0.15) is 0 Å². The summed E-state index contributed by atoms with van der Waals surface area (Å²) in [5.74, 6) is 1.52. The molecule has 26 heavy (non-hydrogen) atoms. The fraction of sp³-hybridized carbons (Fsp3) is 0.417. The number of benzene rings is 1. The summed E-state index contributed by atoms with van der Waals surface area (Å²) in [6.07, 6.45) is 20.2. The number of nitrogens with one attached hydrogen (secondary N) is 1. The Morgan fingerprint density at radius 2 is 1.92 bits per heavy atom. The molecule has 1 aromatic carbocycles. The van der Waals surface area contributed by atoms with Crippen molar-refractivity contribution in [1.29, 1.82) is 0 Å². The first-order valence-electron chi connectivity index (χ1n) is 10.2. The molecule has 1 aromatic rings. The third kappa shape index (κ3) is 2.72. The molecule has 2 fully saturated rings. The average molecular weight is 345 g/mol. The van der Waals surface area contributed by atoms with Crippen LogP contribution in [0.2, 0.25) is 0 Å². The molecule has 1 heterocycles. The lowest BCUT2D eigenvalue weighted by Gasteiger charge is -2.29. The van der Waals surface area contributed by atoms with E-state index in [4.69, 9.17) is 5.73 Å². The van der Waals surface area contributed by atoms with Crippen LogP contribution in [0.25, 0.3) is 11.1 Å². The molecule has 0 amide bonds. The van der Waals surface area contributed by atoms with Gasteiger partial charge in [-0.25, -0.2) is 0 Å². The van der Waals surface area contributed by atoms with Gasteiger partial charge in [-0.05, 0) is 72.9 Å². The van der Waals surface area contributed by atoms with E-state index in [0.717, 1.165) is 24.4 Å². The maximum atomic E-state index is 6.32. The molecule has 134 valence electrons. The highest BCUT2D eigenvalue weighted by atomic mass is 15.0. The van der Waals surface area contributed by atoms with E-state index in [0.29, 0.717) is 12.0 Å². The lowest BCUT2D eigenvalue weighted by Crippen LogP contribution is -2.29. The molecule has 3 aliphatic carbocycles. The maximum Gasteiger partial charge on any atom is 0.0390 e. The van der Waals surface area contributed by atoms with E-state index in [2.05, 4.69) is 53.9 Å². The summed E-state index contributed by atoms with van der Waals surface area (Å²) in [4.78, 5) is 0. The van der Waals surface area contributed by atoms with Gasteiger partial charge in [-0.15, -0.1) is 0 Å². The largest absolute Gasteiger partial charge is 0.398 e. The van der Waals surface area contributed by atoms with Crippen molar-refractivity contribution in [1.82, 2.24) is 5.32 Å². The number of nitrogen functional groups attached to an aromatic ring is 1. The van der Waals surface area contributed by atoms with E-state index in [1.165, 1.54) is 60.1 Å². The van der Waals surface area contributed by atoms with Crippen molar-refractivity contribution >= 4 is 16.8 Å². The molecule has 0 spiro atoms. The van der Waals surface area contributed by atoms with Crippen LogP contribution in [0.15, 0.2) is 54.3 Å². The van der Waals surface area contributed by atoms with Gasteiger partial charge in [0.25, 0.3) is 0 Å². The van der Waals surface area contributed by atoms with Gasteiger partial charge in [0.05, 0.1) is 0 Å². The molecular formula is C24H28N2. The van der Waals surface area contributed by atoms with Gasteiger partial charge in [-0.1, -0.05) is 43.2 Å². The summed E-state index contributed by atoms with van der Waals surface area (Å²) in [6.45, 7) is 0. The molecule has 4 aliphatic rings. The Kier molecular flexibility index (Phi) is 4.00. The number of nitrogens with two attached hydrogens (primary N) is 1. The molecule has 3 unspecified atom stereocenters. The van der Waals surface area contributed by atoms with Gasteiger partial charge in [-0.3, -0.25) is 0 Å². The highest BCUT2D eigenvalue weighted by Crippen LogP contribution is 2.46. The zero-order valence-corrected chi connectivity index (χ0v) is 15.4. The summed E-state index contributed by atoms with van der Waals surface area (Å²) >= 11 is 0. The minimum absolute atomic E-state index is 0.693. The van der Waals surface area contributed by atoms with Gasteiger partial charge in [0.1, 0.15) is 0 Å². The number of anilines is 1. The summed E-state index contributed by atoms with van der Waals surface area (Å²) in [5.41, 5.74) is 14.1. The third-order valence-corrected chi connectivity index (χ3v) is 6.78. The van der Waals surface area contributed by atoms with Crippen molar-refractivity contribution in [3.8, 4) is 0 Å². The van der Waals surface area contributed by atoms with Crippen molar-refractivity contribution in [3.63, 3.8) is 0 Å². The predicted molar refractivity (Wildman–Crippen MR) is 110 cm³/mol. The fourth-order valence-corrected chi connectivity index (χ4v) is 5.38. The third-order valence-electron chi connectivity index (χ3n) is 6.78. The summed E-state index contributed by atoms with van der Waals surface area (Å²) in [6, 6.07) is 7.35. The molecule has 1 saturated carbocycles. The fourth-order valence-electron chi connectivity index (χ4n) is 5.38. The molecule has 1 saturated heterocycles. The smallest absolute Gasteiger partial charge is 0.0390 e. The molecule has 1 aliphatic heterocycles. The van der Waals surface area contributed by atoms with Crippen LogP contribution in [0.4, 0.5) is 5.69 Å². The van der Waals surface area contributed by atoms with Gasteiger partial charge in [0.2, 0.25) is 0 Å². The van der Waals surface area contributed by atoms with Gasteiger partial charge < -0.3 is 11.1 Å². The van der Waals surface area contributed by atoms with Crippen LogP contribution in [0.1, 0.15) is 56.1 Å². The Balaban J connectivity index is 1.44. The quantitative estimate of drug-likeness (QED) is 0.700. The zero-order chi connectivity index (χ0) is 17.5. The lowest BCUT2D eigenvalue weighted by molar-refractivity contribution is 0.279. The van der Waals surface area contributed by atoms with E-state index >= 15 is 0 Å². The minimum atomic E-state index is 0.693. The summed E-state index contributed by atoms with van der Waals surface area (Å²) in [7, 11) is 0. The number of hydrogen-bond donors (Lipinski definition) is 2. The Labute approximate surface area is 156 Å². The van der Waals surface area contributed by atoms with E-state index < -0.39 is 0 Å². The molecule has 5 rings (SSSR count). The first-order chi connectivity index (χ1) is 12.8. The molecule has 3 atom stereocenters. The van der Waals surface area contributed by atoms with Crippen LogP contribution < -0.4 is 11.1 Å². The Bertz CT molecular complexity index is 840. The monoisotopic (exact) mass is 344 g/mol. The Hall–Kier alpha value is -2.22. The van der Waals surface area contributed by atoms with E-state index in [1.54, 1.807) is 0 Å². The van der Waals surface area contributed by atoms with Crippen LogP contribution in [0.3, 0.4) is 0 Å². The van der Waals surface area contributed by atoms with Crippen LogP contribution >= 0.6 is 0 Å². The first kappa shape index (κ1) is 16.0. The van der Waals surface area contributed by atoms with Crippen LogP contribution in [0, 0.1) is 11.8 Å². The SMILES string of the molecule is Nc1ccc(C2=CC=C3NC4CCCCC4C3C2)cc1C1=CC=CCC1. The molecule has 0 bridgehead atoms. The standard InChI is InChI=1S/C24H28N2/c25-22-12-10-17(14-20(22)16-6-2-1-3-7-16)18-11-13-24-21(15-18)19-8-4-5-9-23(19)26-24/h1-2,6,10-14,19,21,23,26H,3-5,7-9,15,25H2. The molecular weight excluding hydrogens is 316 g/mol. The van der Waals surface area contributed by atoms with Crippen LogP contribution in [0.5, 0.6) is 0 Å². The van der Waals surface area contributed by atoms with Gasteiger partial charge in [0, 0.05) is 28.9 Å². The van der Waals surface area contributed by atoms with Crippen molar-refractivity contribution in [2.75, 3.05) is 5.73 Å². The second-order valence-corrected chi connectivity index (χ2v) is 8.28. The second kappa shape index (κ2) is 6.50. The van der Waals surface area contributed by atoms with Crippen molar-refractivity contribution in [2.24, 2.45) is 11.8 Å². The second-order valence-electron chi connectivity index (χ2n) is 8.28. The molecule has 0 radical (unpaired) electrons. The predicted octanol–water partition coefficient (Wildman–Crippen LogP) is 5.45. The molecule has 2 nitrogen and oxygen atoms in total. The number of fused-ring (bicyclic) bond motifs is 3.